The molecule has 1 amide bonds. The Hall–Kier alpha value is -2.96. The van der Waals surface area contributed by atoms with Crippen molar-refractivity contribution >= 4 is 11.7 Å². The molecular formula is C19H21N5O2. The molecule has 0 radical (unpaired) electrons. The molecule has 1 aliphatic rings. The summed E-state index contributed by atoms with van der Waals surface area (Å²) in [4.78, 5) is 23.6. The van der Waals surface area contributed by atoms with Gasteiger partial charge in [-0.2, -0.15) is 4.98 Å². The maximum atomic E-state index is 13.1. The van der Waals surface area contributed by atoms with E-state index in [2.05, 4.69) is 15.1 Å². The van der Waals surface area contributed by atoms with Gasteiger partial charge in [-0.1, -0.05) is 12.1 Å². The van der Waals surface area contributed by atoms with Gasteiger partial charge in [0, 0.05) is 24.0 Å². The van der Waals surface area contributed by atoms with Crippen LogP contribution in [-0.4, -0.2) is 43.5 Å². The largest absolute Gasteiger partial charge is 0.497 e. The highest BCUT2D eigenvalue weighted by atomic mass is 16.5. The molecule has 134 valence electrons. The number of aromatic nitrogens is 4. The number of hydrogen-bond acceptors (Lipinski definition) is 5. The van der Waals surface area contributed by atoms with Crippen LogP contribution < -0.4 is 4.74 Å². The van der Waals surface area contributed by atoms with E-state index in [1.165, 1.54) is 0 Å². The van der Waals surface area contributed by atoms with Gasteiger partial charge in [0.05, 0.1) is 7.11 Å². The number of amides is 1. The summed E-state index contributed by atoms with van der Waals surface area (Å²) in [6, 6.07) is 9.95. The number of aryl methyl sites for hydroxylation is 2. The molecule has 7 heteroatoms. The Balaban J connectivity index is 1.62. The first-order valence-corrected chi connectivity index (χ1v) is 8.70. The van der Waals surface area contributed by atoms with E-state index in [0.717, 1.165) is 35.5 Å². The van der Waals surface area contributed by atoms with Gasteiger partial charge in [-0.15, -0.1) is 5.10 Å². The fourth-order valence-electron chi connectivity index (χ4n) is 3.07. The summed E-state index contributed by atoms with van der Waals surface area (Å²) < 4.78 is 6.82. The third-order valence-electron chi connectivity index (χ3n) is 4.57. The standard InChI is InChI=1S/C19H21N5O2/c1-12-10-13(2)24-19(20-12)21-17(22-24)18(25)23(15-6-7-15)11-14-4-8-16(26-3)9-5-14/h4-5,8-10,15H,6-7,11H2,1-3H3. The highest BCUT2D eigenvalue weighted by Gasteiger charge is 2.35. The van der Waals surface area contributed by atoms with Crippen molar-refractivity contribution in [3.05, 3.63) is 53.1 Å². The number of carbonyl (C=O) groups excluding carboxylic acids is 1. The molecule has 0 aliphatic heterocycles. The number of benzene rings is 1. The molecule has 0 spiro atoms. The Kier molecular flexibility index (Phi) is 4.06. The van der Waals surface area contributed by atoms with Crippen molar-refractivity contribution in [2.24, 2.45) is 0 Å². The topological polar surface area (TPSA) is 72.6 Å². The van der Waals surface area contributed by atoms with Gasteiger partial charge in [-0.25, -0.2) is 9.50 Å². The lowest BCUT2D eigenvalue weighted by Gasteiger charge is -2.21. The SMILES string of the molecule is COc1ccc(CN(C(=O)c2nc3nc(C)cc(C)n3n2)C2CC2)cc1. The zero-order valence-corrected chi connectivity index (χ0v) is 15.1. The average Bonchev–Trinajstić information content (AvgIpc) is 3.38. The van der Waals surface area contributed by atoms with E-state index in [1.807, 2.05) is 49.1 Å². The summed E-state index contributed by atoms with van der Waals surface area (Å²) in [5, 5.41) is 4.39. The molecule has 3 aromatic rings. The molecular weight excluding hydrogens is 330 g/mol. The van der Waals surface area contributed by atoms with Gasteiger partial charge in [0.25, 0.3) is 11.7 Å². The minimum Gasteiger partial charge on any atom is -0.497 e. The number of hydrogen-bond donors (Lipinski definition) is 0. The molecule has 0 unspecified atom stereocenters. The number of ether oxygens (including phenoxy) is 1. The zero-order chi connectivity index (χ0) is 18.3. The van der Waals surface area contributed by atoms with Gasteiger partial charge in [-0.05, 0) is 50.5 Å². The first-order valence-electron chi connectivity index (χ1n) is 8.70. The van der Waals surface area contributed by atoms with Gasteiger partial charge in [-0.3, -0.25) is 4.79 Å². The van der Waals surface area contributed by atoms with E-state index in [9.17, 15) is 4.79 Å². The monoisotopic (exact) mass is 351 g/mol. The molecule has 1 aromatic carbocycles. The second-order valence-electron chi connectivity index (χ2n) is 6.70. The Morgan fingerprint density at radius 1 is 1.23 bits per heavy atom. The molecule has 0 N–H and O–H groups in total. The highest BCUT2D eigenvalue weighted by Crippen LogP contribution is 2.29. The molecule has 26 heavy (non-hydrogen) atoms. The van der Waals surface area contributed by atoms with Crippen LogP contribution in [0, 0.1) is 13.8 Å². The Bertz CT molecular complexity index is 960. The van der Waals surface area contributed by atoms with Gasteiger partial charge < -0.3 is 9.64 Å². The Morgan fingerprint density at radius 2 is 1.96 bits per heavy atom. The van der Waals surface area contributed by atoms with Crippen molar-refractivity contribution in [3.63, 3.8) is 0 Å². The van der Waals surface area contributed by atoms with Crippen molar-refractivity contribution in [1.82, 2.24) is 24.5 Å². The van der Waals surface area contributed by atoms with Crippen LogP contribution in [0.5, 0.6) is 5.75 Å². The summed E-state index contributed by atoms with van der Waals surface area (Å²) in [6.07, 6.45) is 2.04. The second kappa shape index (κ2) is 6.40. The Morgan fingerprint density at radius 3 is 2.62 bits per heavy atom. The van der Waals surface area contributed by atoms with Gasteiger partial charge >= 0.3 is 0 Å². The van der Waals surface area contributed by atoms with Crippen LogP contribution in [-0.2, 0) is 6.54 Å². The van der Waals surface area contributed by atoms with Crippen LogP contribution in [0.3, 0.4) is 0 Å². The lowest BCUT2D eigenvalue weighted by molar-refractivity contribution is 0.0717. The minimum absolute atomic E-state index is 0.147. The number of rotatable bonds is 5. The lowest BCUT2D eigenvalue weighted by Crippen LogP contribution is -2.33. The predicted molar refractivity (Wildman–Crippen MR) is 96.1 cm³/mol. The molecule has 0 saturated heterocycles. The summed E-state index contributed by atoms with van der Waals surface area (Å²) in [7, 11) is 1.64. The van der Waals surface area contributed by atoms with Gasteiger partial charge in [0.2, 0.25) is 5.82 Å². The van der Waals surface area contributed by atoms with Crippen LogP contribution in [0.25, 0.3) is 5.78 Å². The first kappa shape index (κ1) is 16.5. The van der Waals surface area contributed by atoms with E-state index in [-0.39, 0.29) is 17.8 Å². The second-order valence-corrected chi connectivity index (χ2v) is 6.70. The van der Waals surface area contributed by atoms with Crippen LogP contribution in [0.15, 0.2) is 30.3 Å². The van der Waals surface area contributed by atoms with Crippen molar-refractivity contribution in [2.45, 2.75) is 39.3 Å². The number of fused-ring (bicyclic) bond motifs is 1. The molecule has 2 heterocycles. The maximum Gasteiger partial charge on any atom is 0.294 e. The van der Waals surface area contributed by atoms with Gasteiger partial charge in [0.15, 0.2) is 0 Å². The van der Waals surface area contributed by atoms with E-state index in [4.69, 9.17) is 4.74 Å². The molecule has 1 aliphatic carbocycles. The van der Waals surface area contributed by atoms with Crippen molar-refractivity contribution in [2.75, 3.05) is 7.11 Å². The molecule has 1 saturated carbocycles. The zero-order valence-electron chi connectivity index (χ0n) is 15.1. The molecule has 7 nitrogen and oxygen atoms in total. The maximum absolute atomic E-state index is 13.1. The predicted octanol–water partition coefficient (Wildman–Crippen LogP) is 2.55. The minimum atomic E-state index is -0.147. The molecule has 0 atom stereocenters. The van der Waals surface area contributed by atoms with Gasteiger partial charge in [0.1, 0.15) is 5.75 Å². The van der Waals surface area contributed by atoms with E-state index >= 15 is 0 Å². The summed E-state index contributed by atoms with van der Waals surface area (Å²) in [5.74, 6) is 1.32. The fraction of sp³-hybridized carbons (Fsp3) is 0.368. The highest BCUT2D eigenvalue weighted by molar-refractivity contribution is 5.91. The van der Waals surface area contributed by atoms with Crippen LogP contribution >= 0.6 is 0 Å². The molecule has 0 bridgehead atoms. The van der Waals surface area contributed by atoms with E-state index in [1.54, 1.807) is 11.6 Å². The van der Waals surface area contributed by atoms with Crippen LogP contribution in [0.1, 0.15) is 40.4 Å². The molecule has 4 rings (SSSR count). The fourth-order valence-corrected chi connectivity index (χ4v) is 3.07. The van der Waals surface area contributed by atoms with Crippen molar-refractivity contribution in [1.29, 1.82) is 0 Å². The number of carbonyl (C=O) groups is 1. The smallest absolute Gasteiger partial charge is 0.294 e. The molecule has 1 fully saturated rings. The van der Waals surface area contributed by atoms with Crippen molar-refractivity contribution in [3.8, 4) is 5.75 Å². The molecule has 2 aromatic heterocycles. The lowest BCUT2D eigenvalue weighted by atomic mass is 10.2. The number of methoxy groups -OCH3 is 1. The third kappa shape index (κ3) is 3.12. The number of nitrogens with zero attached hydrogens (tertiary/aromatic N) is 5. The van der Waals surface area contributed by atoms with E-state index < -0.39 is 0 Å². The normalized spacial score (nSPS) is 13.8. The van der Waals surface area contributed by atoms with Crippen LogP contribution in [0.4, 0.5) is 0 Å². The average molecular weight is 351 g/mol. The summed E-state index contributed by atoms with van der Waals surface area (Å²) in [6.45, 7) is 4.37. The summed E-state index contributed by atoms with van der Waals surface area (Å²) in [5.41, 5.74) is 2.82. The Labute approximate surface area is 151 Å². The van der Waals surface area contributed by atoms with Crippen LogP contribution in [0.2, 0.25) is 0 Å². The van der Waals surface area contributed by atoms with E-state index in [0.29, 0.717) is 12.3 Å². The third-order valence-corrected chi connectivity index (χ3v) is 4.57. The van der Waals surface area contributed by atoms with Crippen molar-refractivity contribution < 1.29 is 9.53 Å². The quantitative estimate of drug-likeness (QED) is 0.706. The summed E-state index contributed by atoms with van der Waals surface area (Å²) >= 11 is 0. The first-order chi connectivity index (χ1) is 12.5.